The van der Waals surface area contributed by atoms with E-state index < -0.39 is 5.60 Å². The van der Waals surface area contributed by atoms with E-state index >= 15 is 0 Å². The van der Waals surface area contributed by atoms with E-state index in [9.17, 15) is 5.11 Å². The van der Waals surface area contributed by atoms with Gasteiger partial charge in [0.2, 0.25) is 5.95 Å². The minimum atomic E-state index is -0.793. The maximum absolute atomic E-state index is 10.9. The van der Waals surface area contributed by atoms with Crippen LogP contribution in [0.25, 0.3) is 0 Å². The van der Waals surface area contributed by atoms with E-state index in [0.29, 0.717) is 38.6 Å². The second kappa shape index (κ2) is 9.87. The van der Waals surface area contributed by atoms with Crippen molar-refractivity contribution in [1.82, 2.24) is 20.2 Å². The zero-order chi connectivity index (χ0) is 20.7. The molecule has 1 aliphatic heterocycles. The standard InChI is InChI=1S/C21H31N5O3/c1-25(2)11-12-29-18-6-5-17(13-19(18)28-3)14-22-15-21(27)7-10-26(16-21)20-23-8-4-9-24-20/h4-6,8-9,13,22,27H,7,10-12,14-16H2,1-3H3. The van der Waals surface area contributed by atoms with Crippen LogP contribution in [0, 0.1) is 0 Å². The molecule has 29 heavy (non-hydrogen) atoms. The third kappa shape index (κ3) is 6.03. The summed E-state index contributed by atoms with van der Waals surface area (Å²) in [5, 5.41) is 14.2. The molecule has 8 heteroatoms. The predicted octanol–water partition coefficient (Wildman–Crippen LogP) is 1.16. The molecule has 3 rings (SSSR count). The molecule has 8 nitrogen and oxygen atoms in total. The van der Waals surface area contributed by atoms with E-state index in [1.54, 1.807) is 25.6 Å². The Hall–Kier alpha value is -2.42. The number of aliphatic hydroxyl groups is 1. The molecule has 0 amide bonds. The van der Waals surface area contributed by atoms with Crippen LogP contribution in [0.5, 0.6) is 11.5 Å². The summed E-state index contributed by atoms with van der Waals surface area (Å²) in [6.45, 7) is 3.85. The molecule has 1 unspecified atom stereocenters. The fraction of sp³-hybridized carbons (Fsp3) is 0.524. The zero-order valence-corrected chi connectivity index (χ0v) is 17.5. The van der Waals surface area contributed by atoms with Gasteiger partial charge >= 0.3 is 0 Å². The number of nitrogens with one attached hydrogen (secondary N) is 1. The van der Waals surface area contributed by atoms with Gasteiger partial charge in [-0.3, -0.25) is 0 Å². The van der Waals surface area contributed by atoms with E-state index in [1.807, 2.05) is 37.2 Å². The lowest BCUT2D eigenvalue weighted by Crippen LogP contribution is -2.43. The highest BCUT2D eigenvalue weighted by Gasteiger charge is 2.36. The molecule has 2 aromatic rings. The lowest BCUT2D eigenvalue weighted by Gasteiger charge is -2.24. The van der Waals surface area contributed by atoms with Gasteiger partial charge < -0.3 is 29.7 Å². The van der Waals surface area contributed by atoms with Crippen LogP contribution in [-0.2, 0) is 6.54 Å². The lowest BCUT2D eigenvalue weighted by molar-refractivity contribution is 0.0626. The van der Waals surface area contributed by atoms with E-state index in [1.165, 1.54) is 0 Å². The first-order chi connectivity index (χ1) is 14.0. The molecule has 0 spiro atoms. The summed E-state index contributed by atoms with van der Waals surface area (Å²) in [6, 6.07) is 7.72. The normalized spacial score (nSPS) is 19.0. The number of hydrogen-bond donors (Lipinski definition) is 2. The van der Waals surface area contributed by atoms with Gasteiger partial charge in [0, 0.05) is 38.6 Å². The molecular formula is C21H31N5O3. The number of nitrogens with zero attached hydrogens (tertiary/aromatic N) is 4. The lowest BCUT2D eigenvalue weighted by atomic mass is 10.0. The maximum atomic E-state index is 10.9. The van der Waals surface area contributed by atoms with Gasteiger partial charge in [0.15, 0.2) is 11.5 Å². The number of methoxy groups -OCH3 is 1. The molecule has 158 valence electrons. The van der Waals surface area contributed by atoms with Crippen molar-refractivity contribution in [2.24, 2.45) is 0 Å². The van der Waals surface area contributed by atoms with E-state index in [0.717, 1.165) is 30.2 Å². The van der Waals surface area contributed by atoms with Crippen molar-refractivity contribution in [3.8, 4) is 11.5 Å². The van der Waals surface area contributed by atoms with Gasteiger partial charge in [-0.1, -0.05) is 6.07 Å². The average Bonchev–Trinajstić information content (AvgIpc) is 3.11. The summed E-state index contributed by atoms with van der Waals surface area (Å²) in [7, 11) is 5.67. The van der Waals surface area contributed by atoms with Crippen LogP contribution in [0.2, 0.25) is 0 Å². The maximum Gasteiger partial charge on any atom is 0.225 e. The van der Waals surface area contributed by atoms with Crippen molar-refractivity contribution in [1.29, 1.82) is 0 Å². The fourth-order valence-electron chi connectivity index (χ4n) is 3.34. The van der Waals surface area contributed by atoms with Crippen LogP contribution in [0.1, 0.15) is 12.0 Å². The van der Waals surface area contributed by atoms with Gasteiger partial charge in [-0.2, -0.15) is 0 Å². The Labute approximate surface area is 172 Å². The second-order valence-corrected chi connectivity index (χ2v) is 7.69. The summed E-state index contributed by atoms with van der Waals surface area (Å²) in [6.07, 6.45) is 4.12. The summed E-state index contributed by atoms with van der Waals surface area (Å²) < 4.78 is 11.3. The summed E-state index contributed by atoms with van der Waals surface area (Å²) in [5.74, 6) is 2.12. The molecule has 1 aromatic heterocycles. The minimum absolute atomic E-state index is 0.500. The van der Waals surface area contributed by atoms with Gasteiger partial charge in [-0.25, -0.2) is 9.97 Å². The Morgan fingerprint density at radius 3 is 2.76 bits per heavy atom. The summed E-state index contributed by atoms with van der Waals surface area (Å²) >= 11 is 0. The Morgan fingerprint density at radius 1 is 1.24 bits per heavy atom. The average molecular weight is 402 g/mol. The molecular weight excluding hydrogens is 370 g/mol. The summed E-state index contributed by atoms with van der Waals surface area (Å²) in [5.41, 5.74) is 0.282. The van der Waals surface area contributed by atoms with E-state index in [2.05, 4.69) is 20.2 Å². The van der Waals surface area contributed by atoms with Crippen LogP contribution < -0.4 is 19.7 Å². The predicted molar refractivity (Wildman–Crippen MR) is 113 cm³/mol. The van der Waals surface area contributed by atoms with Gasteiger partial charge in [0.05, 0.1) is 19.3 Å². The molecule has 1 aromatic carbocycles. The number of rotatable bonds is 10. The second-order valence-electron chi connectivity index (χ2n) is 7.69. The quantitative estimate of drug-likeness (QED) is 0.614. The molecule has 0 aliphatic carbocycles. The van der Waals surface area contributed by atoms with Crippen LogP contribution in [0.15, 0.2) is 36.7 Å². The van der Waals surface area contributed by atoms with Crippen LogP contribution in [-0.4, -0.2) is 79.6 Å². The van der Waals surface area contributed by atoms with E-state index in [4.69, 9.17) is 9.47 Å². The van der Waals surface area contributed by atoms with Gasteiger partial charge in [-0.15, -0.1) is 0 Å². The monoisotopic (exact) mass is 401 g/mol. The highest BCUT2D eigenvalue weighted by atomic mass is 16.5. The number of β-amino-alcohol motifs (C(OH)–C–C–N with tert-alkyl or cyclic N) is 1. The minimum Gasteiger partial charge on any atom is -0.493 e. The molecule has 0 saturated carbocycles. The highest BCUT2D eigenvalue weighted by Crippen LogP contribution is 2.28. The molecule has 2 heterocycles. The van der Waals surface area contributed by atoms with Gasteiger partial charge in [-0.05, 0) is 44.3 Å². The Kier molecular flexibility index (Phi) is 7.24. The number of aromatic nitrogens is 2. The smallest absolute Gasteiger partial charge is 0.225 e. The highest BCUT2D eigenvalue weighted by molar-refractivity contribution is 5.43. The first-order valence-corrected chi connectivity index (χ1v) is 9.89. The van der Waals surface area contributed by atoms with Crippen molar-refractivity contribution < 1.29 is 14.6 Å². The Balaban J connectivity index is 1.50. The van der Waals surface area contributed by atoms with Crippen molar-refractivity contribution in [3.63, 3.8) is 0 Å². The number of ether oxygens (including phenoxy) is 2. The van der Waals surface area contributed by atoms with Crippen molar-refractivity contribution in [2.45, 2.75) is 18.6 Å². The fourth-order valence-corrected chi connectivity index (χ4v) is 3.34. The number of benzene rings is 1. The first-order valence-electron chi connectivity index (χ1n) is 9.89. The van der Waals surface area contributed by atoms with Crippen molar-refractivity contribution in [2.75, 3.05) is 58.9 Å². The Bertz CT molecular complexity index is 774. The van der Waals surface area contributed by atoms with Crippen molar-refractivity contribution in [3.05, 3.63) is 42.2 Å². The molecule has 1 fully saturated rings. The molecule has 0 bridgehead atoms. The van der Waals surface area contributed by atoms with Gasteiger partial charge in [0.1, 0.15) is 6.61 Å². The SMILES string of the molecule is COc1cc(CNCC2(O)CCN(c3ncccn3)C2)ccc1OCCN(C)C. The molecule has 1 aliphatic rings. The number of hydrogen-bond acceptors (Lipinski definition) is 8. The zero-order valence-electron chi connectivity index (χ0n) is 17.5. The van der Waals surface area contributed by atoms with E-state index in [-0.39, 0.29) is 0 Å². The molecule has 0 radical (unpaired) electrons. The molecule has 1 saturated heterocycles. The topological polar surface area (TPSA) is 83.0 Å². The van der Waals surface area contributed by atoms with Crippen LogP contribution in [0.3, 0.4) is 0 Å². The van der Waals surface area contributed by atoms with Crippen molar-refractivity contribution >= 4 is 5.95 Å². The van der Waals surface area contributed by atoms with Crippen LogP contribution >= 0.6 is 0 Å². The third-order valence-electron chi connectivity index (χ3n) is 4.97. The Morgan fingerprint density at radius 2 is 2.03 bits per heavy atom. The number of anilines is 1. The molecule has 2 N–H and O–H groups in total. The molecule has 1 atom stereocenters. The third-order valence-corrected chi connectivity index (χ3v) is 4.97. The first kappa shape index (κ1) is 21.3. The number of likely N-dealkylation sites (N-methyl/N-ethyl adjacent to an activating group) is 1. The largest absolute Gasteiger partial charge is 0.493 e. The van der Waals surface area contributed by atoms with Crippen LogP contribution in [0.4, 0.5) is 5.95 Å². The summed E-state index contributed by atoms with van der Waals surface area (Å²) in [4.78, 5) is 12.6. The van der Waals surface area contributed by atoms with Gasteiger partial charge in [0.25, 0.3) is 0 Å².